The molecular formula is C20H20FN5O3. The minimum Gasteiger partial charge on any atom is -0.368 e. The Labute approximate surface area is 165 Å². The van der Waals surface area contributed by atoms with Crippen LogP contribution in [0.3, 0.4) is 0 Å². The Kier molecular flexibility index (Phi) is 4.65. The molecule has 150 valence electrons. The van der Waals surface area contributed by atoms with Gasteiger partial charge in [0.05, 0.1) is 10.9 Å². The van der Waals surface area contributed by atoms with Crippen molar-refractivity contribution in [1.82, 2.24) is 19.0 Å². The first-order valence-corrected chi connectivity index (χ1v) is 9.22. The lowest BCUT2D eigenvalue weighted by atomic mass is 10.1. The molecule has 0 radical (unpaired) electrons. The summed E-state index contributed by atoms with van der Waals surface area (Å²) in [6, 6.07) is 7.78. The highest BCUT2D eigenvalue weighted by Gasteiger charge is 2.23. The number of benzene rings is 1. The second-order valence-electron chi connectivity index (χ2n) is 7.06. The third kappa shape index (κ3) is 3.28. The molecule has 1 aliphatic rings. The molecule has 1 saturated heterocycles. The zero-order valence-corrected chi connectivity index (χ0v) is 16.1. The Balaban J connectivity index is 1.56. The summed E-state index contributed by atoms with van der Waals surface area (Å²) in [6.45, 7) is 2.24. The number of anilines is 1. The molecule has 0 N–H and O–H groups in total. The van der Waals surface area contributed by atoms with Gasteiger partial charge in [0, 0.05) is 52.2 Å². The van der Waals surface area contributed by atoms with Crippen LogP contribution in [0.15, 0.2) is 46.1 Å². The predicted molar refractivity (Wildman–Crippen MR) is 107 cm³/mol. The molecule has 4 rings (SSSR count). The van der Waals surface area contributed by atoms with E-state index in [1.807, 2.05) is 0 Å². The van der Waals surface area contributed by atoms with Gasteiger partial charge in [-0.2, -0.15) is 0 Å². The van der Waals surface area contributed by atoms with Crippen molar-refractivity contribution in [3.8, 4) is 0 Å². The quantitative estimate of drug-likeness (QED) is 0.637. The van der Waals surface area contributed by atoms with Gasteiger partial charge in [-0.05, 0) is 30.3 Å². The molecule has 9 heteroatoms. The van der Waals surface area contributed by atoms with E-state index in [1.54, 1.807) is 17.0 Å². The maximum atomic E-state index is 13.1. The minimum absolute atomic E-state index is 0.214. The van der Waals surface area contributed by atoms with Crippen molar-refractivity contribution < 1.29 is 9.18 Å². The SMILES string of the molecule is Cn1c(=O)c2cc(C(=O)N3CCN(c4ccc(F)cc4)CC3)cnc2n(C)c1=O. The Morgan fingerprint density at radius 2 is 1.66 bits per heavy atom. The maximum absolute atomic E-state index is 13.1. The minimum atomic E-state index is -0.480. The summed E-state index contributed by atoms with van der Waals surface area (Å²) < 4.78 is 15.4. The van der Waals surface area contributed by atoms with Crippen molar-refractivity contribution in [1.29, 1.82) is 0 Å². The van der Waals surface area contributed by atoms with E-state index >= 15 is 0 Å². The summed E-state index contributed by atoms with van der Waals surface area (Å²) in [6.07, 6.45) is 1.40. The summed E-state index contributed by atoms with van der Waals surface area (Å²) in [5.74, 6) is -0.496. The molecule has 1 amide bonds. The van der Waals surface area contributed by atoms with Crippen molar-refractivity contribution in [3.63, 3.8) is 0 Å². The number of amides is 1. The first-order valence-electron chi connectivity index (χ1n) is 9.22. The molecule has 1 aliphatic heterocycles. The monoisotopic (exact) mass is 397 g/mol. The zero-order valence-electron chi connectivity index (χ0n) is 16.1. The van der Waals surface area contributed by atoms with E-state index in [2.05, 4.69) is 9.88 Å². The highest BCUT2D eigenvalue weighted by molar-refractivity contribution is 5.96. The second-order valence-corrected chi connectivity index (χ2v) is 7.06. The van der Waals surface area contributed by atoms with Gasteiger partial charge in [-0.25, -0.2) is 14.2 Å². The molecule has 0 unspecified atom stereocenters. The van der Waals surface area contributed by atoms with Crippen LogP contribution >= 0.6 is 0 Å². The van der Waals surface area contributed by atoms with Gasteiger partial charge >= 0.3 is 5.69 Å². The standard InChI is InChI=1S/C20H20FN5O3/c1-23-17-16(19(28)24(2)20(23)29)11-13(12-22-17)18(27)26-9-7-25(8-10-26)15-5-3-14(21)4-6-15/h3-6,11-12H,7-10H2,1-2H3. The Bertz CT molecular complexity index is 1210. The molecule has 0 aliphatic carbocycles. The average Bonchev–Trinajstić information content (AvgIpc) is 2.76. The molecule has 3 heterocycles. The van der Waals surface area contributed by atoms with Gasteiger partial charge in [0.25, 0.3) is 11.5 Å². The number of hydrogen-bond acceptors (Lipinski definition) is 5. The van der Waals surface area contributed by atoms with Crippen molar-refractivity contribution in [3.05, 3.63) is 68.7 Å². The second kappa shape index (κ2) is 7.16. The lowest BCUT2D eigenvalue weighted by molar-refractivity contribution is 0.0746. The van der Waals surface area contributed by atoms with Crippen LogP contribution in [0.5, 0.6) is 0 Å². The molecule has 3 aromatic rings. The fourth-order valence-electron chi connectivity index (χ4n) is 3.58. The van der Waals surface area contributed by atoms with Crippen LogP contribution in [0.1, 0.15) is 10.4 Å². The van der Waals surface area contributed by atoms with Crippen LogP contribution in [0.2, 0.25) is 0 Å². The molecule has 2 aromatic heterocycles. The highest BCUT2D eigenvalue weighted by atomic mass is 19.1. The number of pyridine rings is 1. The molecule has 8 nitrogen and oxygen atoms in total. The van der Waals surface area contributed by atoms with Crippen molar-refractivity contribution in [2.24, 2.45) is 14.1 Å². The van der Waals surface area contributed by atoms with E-state index in [0.29, 0.717) is 31.7 Å². The number of carbonyl (C=O) groups excluding carboxylic acids is 1. The molecule has 0 saturated carbocycles. The number of aryl methyl sites for hydroxylation is 1. The van der Waals surface area contributed by atoms with Gasteiger partial charge in [0.2, 0.25) is 0 Å². The molecule has 29 heavy (non-hydrogen) atoms. The van der Waals surface area contributed by atoms with Gasteiger partial charge in [-0.3, -0.25) is 18.7 Å². The number of nitrogens with zero attached hydrogens (tertiary/aromatic N) is 5. The Morgan fingerprint density at radius 1 is 1.00 bits per heavy atom. The van der Waals surface area contributed by atoms with Crippen LogP contribution in [-0.2, 0) is 14.1 Å². The van der Waals surface area contributed by atoms with E-state index in [4.69, 9.17) is 0 Å². The van der Waals surface area contributed by atoms with E-state index in [-0.39, 0.29) is 22.8 Å². The number of piperazine rings is 1. The molecule has 0 bridgehead atoms. The number of hydrogen-bond donors (Lipinski definition) is 0. The summed E-state index contributed by atoms with van der Waals surface area (Å²) in [5, 5.41) is 0.227. The molecule has 0 atom stereocenters. The lowest BCUT2D eigenvalue weighted by Crippen LogP contribution is -2.48. The largest absolute Gasteiger partial charge is 0.368 e. The first-order chi connectivity index (χ1) is 13.9. The highest BCUT2D eigenvalue weighted by Crippen LogP contribution is 2.18. The average molecular weight is 397 g/mol. The van der Waals surface area contributed by atoms with E-state index in [1.165, 1.54) is 43.1 Å². The van der Waals surface area contributed by atoms with Crippen LogP contribution in [0.25, 0.3) is 11.0 Å². The van der Waals surface area contributed by atoms with Gasteiger partial charge in [-0.15, -0.1) is 0 Å². The molecule has 0 spiro atoms. The van der Waals surface area contributed by atoms with Crippen molar-refractivity contribution >= 4 is 22.6 Å². The first kappa shape index (κ1) is 18.9. The maximum Gasteiger partial charge on any atom is 0.332 e. The van der Waals surface area contributed by atoms with E-state index in [0.717, 1.165) is 10.3 Å². The van der Waals surface area contributed by atoms with Gasteiger partial charge in [0.1, 0.15) is 11.5 Å². The molecule has 1 aromatic carbocycles. The molecule has 1 fully saturated rings. The predicted octanol–water partition coefficient (Wildman–Crippen LogP) is 0.734. The summed E-state index contributed by atoms with van der Waals surface area (Å²) >= 11 is 0. The van der Waals surface area contributed by atoms with Crippen LogP contribution in [0.4, 0.5) is 10.1 Å². The van der Waals surface area contributed by atoms with Crippen LogP contribution in [0, 0.1) is 5.82 Å². The van der Waals surface area contributed by atoms with E-state index in [9.17, 15) is 18.8 Å². The van der Waals surface area contributed by atoms with Gasteiger partial charge < -0.3 is 9.80 Å². The molecular weight excluding hydrogens is 377 g/mol. The normalized spacial score (nSPS) is 14.4. The van der Waals surface area contributed by atoms with Gasteiger partial charge in [0.15, 0.2) is 0 Å². The number of aromatic nitrogens is 3. The third-order valence-corrected chi connectivity index (χ3v) is 5.30. The number of rotatable bonds is 2. The number of fused-ring (bicyclic) bond motifs is 1. The smallest absolute Gasteiger partial charge is 0.332 e. The number of carbonyl (C=O) groups is 1. The van der Waals surface area contributed by atoms with Crippen LogP contribution in [-0.4, -0.2) is 51.1 Å². The van der Waals surface area contributed by atoms with Gasteiger partial charge in [-0.1, -0.05) is 0 Å². The summed E-state index contributed by atoms with van der Waals surface area (Å²) in [4.78, 5) is 45.3. The number of halogens is 1. The van der Waals surface area contributed by atoms with Crippen molar-refractivity contribution in [2.75, 3.05) is 31.1 Å². The summed E-state index contributed by atoms with van der Waals surface area (Å²) in [7, 11) is 2.93. The fourth-order valence-corrected chi connectivity index (χ4v) is 3.58. The van der Waals surface area contributed by atoms with E-state index < -0.39 is 11.2 Å². The fraction of sp³-hybridized carbons (Fsp3) is 0.300. The Morgan fingerprint density at radius 3 is 2.31 bits per heavy atom. The lowest BCUT2D eigenvalue weighted by Gasteiger charge is -2.36. The third-order valence-electron chi connectivity index (χ3n) is 5.30. The Hall–Kier alpha value is -3.49. The summed E-state index contributed by atoms with van der Waals surface area (Å²) in [5.41, 5.74) is 0.520. The topological polar surface area (TPSA) is 80.4 Å². The van der Waals surface area contributed by atoms with Crippen LogP contribution < -0.4 is 16.1 Å². The zero-order chi connectivity index (χ0) is 20.7. The van der Waals surface area contributed by atoms with Crippen molar-refractivity contribution in [2.45, 2.75) is 0 Å².